The molecule has 3 heterocycles. The Morgan fingerprint density at radius 3 is 2.63 bits per heavy atom. The molecule has 5 rings (SSSR count). The first-order valence-electron chi connectivity index (χ1n) is 12.4. The standard InChI is InChI=1S/C27H30F3N5O3/c1-26(2,36)38-22-13-18(35-9-8-19-24(35)32-14-33-25(19)37-3)11-17(22)7-5-15-4-6-16-12-20(27(28,29)30)23(31)34-21(16)10-15/h4,6,8-10,12,14,17-18,22,36H,5,7,11,13H2,1-3H3,(H2,31,34)/t17?,18?,22-/m0/s1. The van der Waals surface area contributed by atoms with Crippen LogP contribution in [-0.2, 0) is 17.3 Å². The third kappa shape index (κ3) is 5.25. The average Bonchev–Trinajstić information content (AvgIpc) is 3.44. The fourth-order valence-corrected chi connectivity index (χ4v) is 5.47. The number of pyridine rings is 1. The van der Waals surface area contributed by atoms with E-state index in [-0.39, 0.29) is 18.1 Å². The lowest BCUT2D eigenvalue weighted by Gasteiger charge is -2.27. The lowest BCUT2D eigenvalue weighted by Crippen LogP contribution is -2.32. The van der Waals surface area contributed by atoms with Crippen LogP contribution in [0, 0.1) is 5.92 Å². The van der Waals surface area contributed by atoms with Gasteiger partial charge in [-0.3, -0.25) is 0 Å². The van der Waals surface area contributed by atoms with Gasteiger partial charge in [0, 0.05) is 17.6 Å². The molecule has 0 aliphatic heterocycles. The van der Waals surface area contributed by atoms with Crippen molar-refractivity contribution in [1.29, 1.82) is 0 Å². The first-order valence-corrected chi connectivity index (χ1v) is 12.4. The Balaban J connectivity index is 1.37. The average molecular weight is 530 g/mol. The number of aryl methyl sites for hydroxylation is 1. The van der Waals surface area contributed by atoms with E-state index >= 15 is 0 Å². The van der Waals surface area contributed by atoms with E-state index in [1.54, 1.807) is 33.1 Å². The van der Waals surface area contributed by atoms with Gasteiger partial charge in [0.15, 0.2) is 5.79 Å². The molecule has 0 radical (unpaired) electrons. The minimum atomic E-state index is -4.55. The van der Waals surface area contributed by atoms with E-state index < -0.39 is 23.3 Å². The minimum absolute atomic E-state index is 0.100. The van der Waals surface area contributed by atoms with Crippen LogP contribution < -0.4 is 10.5 Å². The Morgan fingerprint density at radius 1 is 1.13 bits per heavy atom. The number of benzene rings is 1. The SMILES string of the molecule is COc1ncnc2c1ccn2C1CC(CCc2ccc3cc(C(F)(F)F)c(N)nc3c2)[C@@H](OC(C)(C)O)C1. The van der Waals surface area contributed by atoms with Crippen LogP contribution in [0.25, 0.3) is 21.9 Å². The summed E-state index contributed by atoms with van der Waals surface area (Å²) in [4.78, 5) is 12.7. The highest BCUT2D eigenvalue weighted by atomic mass is 19.4. The van der Waals surface area contributed by atoms with Crippen molar-refractivity contribution in [3.63, 3.8) is 0 Å². The van der Waals surface area contributed by atoms with Crippen LogP contribution in [0.5, 0.6) is 5.88 Å². The summed E-state index contributed by atoms with van der Waals surface area (Å²) in [7, 11) is 1.57. The van der Waals surface area contributed by atoms with Gasteiger partial charge in [-0.05, 0) is 69.2 Å². The maximum Gasteiger partial charge on any atom is 0.419 e. The number of fused-ring (bicyclic) bond motifs is 2. The zero-order valence-electron chi connectivity index (χ0n) is 21.4. The molecule has 2 unspecified atom stereocenters. The Bertz CT molecular complexity index is 1460. The molecule has 1 saturated carbocycles. The monoisotopic (exact) mass is 529 g/mol. The fourth-order valence-electron chi connectivity index (χ4n) is 5.47. The van der Waals surface area contributed by atoms with Crippen molar-refractivity contribution in [1.82, 2.24) is 19.5 Å². The van der Waals surface area contributed by atoms with Gasteiger partial charge >= 0.3 is 6.18 Å². The number of aliphatic hydroxyl groups is 1. The topological polar surface area (TPSA) is 108 Å². The molecular formula is C27H30F3N5O3. The predicted molar refractivity (Wildman–Crippen MR) is 136 cm³/mol. The Labute approximate surface area is 217 Å². The Hall–Kier alpha value is -3.44. The second kappa shape index (κ2) is 9.70. The number of nitrogens with zero attached hydrogens (tertiary/aromatic N) is 4. The number of ether oxygens (including phenoxy) is 2. The molecule has 1 aromatic carbocycles. The van der Waals surface area contributed by atoms with Gasteiger partial charge in [-0.15, -0.1) is 0 Å². The predicted octanol–water partition coefficient (Wildman–Crippen LogP) is 5.29. The quantitative estimate of drug-likeness (QED) is 0.313. The molecule has 0 saturated heterocycles. The third-order valence-corrected chi connectivity index (χ3v) is 7.12. The van der Waals surface area contributed by atoms with Crippen molar-refractivity contribution in [2.24, 2.45) is 5.92 Å². The van der Waals surface area contributed by atoms with E-state index in [4.69, 9.17) is 15.2 Å². The summed E-state index contributed by atoms with van der Waals surface area (Å²) in [5, 5.41) is 11.6. The maximum atomic E-state index is 13.2. The van der Waals surface area contributed by atoms with Gasteiger partial charge in [0.05, 0.1) is 29.7 Å². The number of hydrogen-bond acceptors (Lipinski definition) is 7. The second-order valence-electron chi connectivity index (χ2n) is 10.3. The van der Waals surface area contributed by atoms with Crippen molar-refractivity contribution < 1.29 is 27.8 Å². The highest BCUT2D eigenvalue weighted by molar-refractivity contribution is 5.82. The number of anilines is 1. The zero-order chi connectivity index (χ0) is 27.2. The normalized spacial score (nSPS) is 20.4. The molecule has 1 aliphatic carbocycles. The molecule has 0 amide bonds. The molecule has 1 fully saturated rings. The molecule has 1 aliphatic rings. The number of alkyl halides is 3. The first-order chi connectivity index (χ1) is 17.9. The maximum absolute atomic E-state index is 13.2. The van der Waals surface area contributed by atoms with Crippen molar-refractivity contribution in [3.8, 4) is 5.88 Å². The molecule has 0 spiro atoms. The van der Waals surface area contributed by atoms with Crippen LogP contribution in [-0.4, -0.2) is 43.6 Å². The van der Waals surface area contributed by atoms with Crippen molar-refractivity contribution >= 4 is 27.8 Å². The number of methoxy groups -OCH3 is 1. The molecule has 202 valence electrons. The molecule has 38 heavy (non-hydrogen) atoms. The van der Waals surface area contributed by atoms with Crippen molar-refractivity contribution in [3.05, 3.63) is 54.0 Å². The van der Waals surface area contributed by atoms with E-state index in [9.17, 15) is 18.3 Å². The zero-order valence-corrected chi connectivity index (χ0v) is 21.4. The van der Waals surface area contributed by atoms with Crippen LogP contribution in [0.2, 0.25) is 0 Å². The van der Waals surface area contributed by atoms with Crippen molar-refractivity contribution in [2.45, 2.75) is 63.6 Å². The van der Waals surface area contributed by atoms with E-state index in [1.165, 1.54) is 6.33 Å². The molecular weight excluding hydrogens is 499 g/mol. The van der Waals surface area contributed by atoms with Gasteiger partial charge < -0.3 is 24.9 Å². The number of rotatable bonds is 7. The summed E-state index contributed by atoms with van der Waals surface area (Å²) in [6.45, 7) is 3.24. The molecule has 3 aromatic heterocycles. The van der Waals surface area contributed by atoms with Gasteiger partial charge in [0.1, 0.15) is 17.8 Å². The molecule has 8 nitrogen and oxygen atoms in total. The first kappa shape index (κ1) is 26.2. The number of aromatic nitrogens is 4. The smallest absolute Gasteiger partial charge is 0.419 e. The summed E-state index contributed by atoms with van der Waals surface area (Å²) < 4.78 is 53.1. The molecule has 11 heteroatoms. The van der Waals surface area contributed by atoms with Crippen LogP contribution in [0.1, 0.15) is 50.3 Å². The van der Waals surface area contributed by atoms with Gasteiger partial charge in [-0.1, -0.05) is 12.1 Å². The Morgan fingerprint density at radius 2 is 1.92 bits per heavy atom. The molecule has 0 bridgehead atoms. The van der Waals surface area contributed by atoms with Crippen LogP contribution in [0.4, 0.5) is 19.0 Å². The lowest BCUT2D eigenvalue weighted by molar-refractivity contribution is -0.212. The number of hydrogen-bond donors (Lipinski definition) is 2. The number of halogens is 3. The highest BCUT2D eigenvalue weighted by Crippen LogP contribution is 2.42. The van der Waals surface area contributed by atoms with E-state index in [1.807, 2.05) is 18.3 Å². The van der Waals surface area contributed by atoms with Gasteiger partial charge in [0.25, 0.3) is 0 Å². The second-order valence-corrected chi connectivity index (χ2v) is 10.3. The van der Waals surface area contributed by atoms with Crippen LogP contribution >= 0.6 is 0 Å². The minimum Gasteiger partial charge on any atom is -0.480 e. The van der Waals surface area contributed by atoms with Gasteiger partial charge in [-0.25, -0.2) is 15.0 Å². The summed E-state index contributed by atoms with van der Waals surface area (Å²) in [6, 6.07) is 8.33. The summed E-state index contributed by atoms with van der Waals surface area (Å²) in [6.07, 6.45) is 1.65. The number of nitrogen functional groups attached to an aromatic ring is 1. The van der Waals surface area contributed by atoms with E-state index in [0.29, 0.717) is 29.6 Å². The number of nitrogens with two attached hydrogens (primary N) is 1. The summed E-state index contributed by atoms with van der Waals surface area (Å²) >= 11 is 0. The van der Waals surface area contributed by atoms with Gasteiger partial charge in [-0.2, -0.15) is 13.2 Å². The molecule has 4 aromatic rings. The van der Waals surface area contributed by atoms with Gasteiger partial charge in [0.2, 0.25) is 5.88 Å². The molecule has 3 atom stereocenters. The summed E-state index contributed by atoms with van der Waals surface area (Å²) in [5.74, 6) is -1.17. The Kier molecular flexibility index (Phi) is 6.68. The lowest BCUT2D eigenvalue weighted by atomic mass is 9.95. The largest absolute Gasteiger partial charge is 0.480 e. The third-order valence-electron chi connectivity index (χ3n) is 7.12. The molecule has 3 N–H and O–H groups in total. The summed E-state index contributed by atoms with van der Waals surface area (Å²) in [5.41, 5.74) is 6.82. The van der Waals surface area contributed by atoms with Crippen LogP contribution in [0.15, 0.2) is 42.9 Å². The van der Waals surface area contributed by atoms with E-state index in [0.717, 1.165) is 35.5 Å². The van der Waals surface area contributed by atoms with Crippen molar-refractivity contribution in [2.75, 3.05) is 12.8 Å². The fraction of sp³-hybridized carbons (Fsp3) is 0.444. The van der Waals surface area contributed by atoms with Crippen LogP contribution in [0.3, 0.4) is 0 Å². The van der Waals surface area contributed by atoms with E-state index in [2.05, 4.69) is 19.5 Å². The highest BCUT2D eigenvalue weighted by Gasteiger charge is 2.39.